The van der Waals surface area contributed by atoms with E-state index in [2.05, 4.69) is 12.2 Å². The first-order valence-corrected chi connectivity index (χ1v) is 7.86. The van der Waals surface area contributed by atoms with Crippen LogP contribution in [0.2, 0.25) is 0 Å². The predicted molar refractivity (Wildman–Crippen MR) is 80.0 cm³/mol. The van der Waals surface area contributed by atoms with Gasteiger partial charge in [0.2, 0.25) is 0 Å². The third kappa shape index (κ3) is 4.57. The molecule has 3 heteroatoms. The summed E-state index contributed by atoms with van der Waals surface area (Å²) in [6.45, 7) is 2.80. The van der Waals surface area contributed by atoms with Crippen molar-refractivity contribution in [3.8, 4) is 0 Å². The van der Waals surface area contributed by atoms with Gasteiger partial charge in [-0.2, -0.15) is 0 Å². The van der Waals surface area contributed by atoms with Gasteiger partial charge in [0.05, 0.1) is 6.10 Å². The van der Waals surface area contributed by atoms with Crippen LogP contribution in [0, 0.1) is 11.7 Å². The molecule has 0 heterocycles. The Morgan fingerprint density at radius 2 is 1.85 bits per heavy atom. The standard InChI is InChI=1S/C17H26FNO/c1-2-3-13-4-10-16(11-5-13)19-12-17(20)14-6-8-15(18)9-7-14/h6-9,13,16-17,19-20H,2-5,10-12H2,1H3. The van der Waals surface area contributed by atoms with Gasteiger partial charge in [-0.05, 0) is 49.3 Å². The summed E-state index contributed by atoms with van der Waals surface area (Å²) in [5.74, 6) is 0.642. The van der Waals surface area contributed by atoms with Crippen molar-refractivity contribution in [1.29, 1.82) is 0 Å². The number of benzene rings is 1. The summed E-state index contributed by atoms with van der Waals surface area (Å²) in [5.41, 5.74) is 0.776. The average molecular weight is 279 g/mol. The molecule has 0 radical (unpaired) electrons. The maximum atomic E-state index is 12.8. The summed E-state index contributed by atoms with van der Waals surface area (Å²) in [6, 6.07) is 6.63. The van der Waals surface area contributed by atoms with Crippen molar-refractivity contribution in [2.24, 2.45) is 5.92 Å². The first kappa shape index (κ1) is 15.5. The molecule has 2 N–H and O–H groups in total. The van der Waals surface area contributed by atoms with E-state index >= 15 is 0 Å². The molecule has 2 rings (SSSR count). The highest BCUT2D eigenvalue weighted by Gasteiger charge is 2.20. The minimum Gasteiger partial charge on any atom is -0.387 e. The molecule has 0 saturated heterocycles. The van der Waals surface area contributed by atoms with Gasteiger partial charge >= 0.3 is 0 Å². The summed E-state index contributed by atoms with van der Waals surface area (Å²) in [4.78, 5) is 0. The number of hydrogen-bond donors (Lipinski definition) is 2. The van der Waals surface area contributed by atoms with Crippen LogP contribution in [0.3, 0.4) is 0 Å². The zero-order valence-corrected chi connectivity index (χ0v) is 12.3. The second-order valence-electron chi connectivity index (χ2n) is 5.98. The third-order valence-corrected chi connectivity index (χ3v) is 4.40. The molecule has 1 saturated carbocycles. The number of rotatable bonds is 6. The Balaban J connectivity index is 1.71. The van der Waals surface area contributed by atoms with Crippen molar-refractivity contribution in [3.63, 3.8) is 0 Å². The molecular formula is C17H26FNO. The van der Waals surface area contributed by atoms with E-state index < -0.39 is 6.10 Å². The Morgan fingerprint density at radius 3 is 2.45 bits per heavy atom. The number of aliphatic hydroxyl groups excluding tert-OH is 1. The Labute approximate surface area is 121 Å². The fourth-order valence-corrected chi connectivity index (χ4v) is 3.14. The van der Waals surface area contributed by atoms with Gasteiger partial charge in [0, 0.05) is 12.6 Å². The molecule has 1 aromatic rings. The van der Waals surface area contributed by atoms with E-state index in [1.807, 2.05) is 0 Å². The van der Waals surface area contributed by atoms with Crippen LogP contribution < -0.4 is 5.32 Å². The number of hydrogen-bond acceptors (Lipinski definition) is 2. The van der Waals surface area contributed by atoms with Crippen LogP contribution >= 0.6 is 0 Å². The van der Waals surface area contributed by atoms with Gasteiger partial charge in [0.1, 0.15) is 5.82 Å². The maximum Gasteiger partial charge on any atom is 0.123 e. The molecule has 1 fully saturated rings. The van der Waals surface area contributed by atoms with E-state index in [-0.39, 0.29) is 5.82 Å². The van der Waals surface area contributed by atoms with E-state index in [9.17, 15) is 9.50 Å². The molecule has 1 unspecified atom stereocenters. The Morgan fingerprint density at radius 1 is 1.20 bits per heavy atom. The Bertz CT molecular complexity index is 384. The molecule has 2 nitrogen and oxygen atoms in total. The first-order chi connectivity index (χ1) is 9.69. The number of nitrogens with one attached hydrogen (secondary N) is 1. The summed E-state index contributed by atoms with van der Waals surface area (Å²) in [7, 11) is 0. The van der Waals surface area contributed by atoms with Crippen molar-refractivity contribution in [3.05, 3.63) is 35.6 Å². The largest absolute Gasteiger partial charge is 0.387 e. The van der Waals surface area contributed by atoms with E-state index in [1.54, 1.807) is 12.1 Å². The van der Waals surface area contributed by atoms with Crippen LogP contribution in [0.5, 0.6) is 0 Å². The van der Waals surface area contributed by atoms with Crippen molar-refractivity contribution in [1.82, 2.24) is 5.32 Å². The molecule has 0 amide bonds. The van der Waals surface area contributed by atoms with Gasteiger partial charge in [-0.15, -0.1) is 0 Å². The van der Waals surface area contributed by atoms with Crippen LogP contribution in [-0.4, -0.2) is 17.7 Å². The van der Waals surface area contributed by atoms with Crippen molar-refractivity contribution >= 4 is 0 Å². The molecule has 1 aliphatic carbocycles. The Hall–Kier alpha value is -0.930. The van der Waals surface area contributed by atoms with Gasteiger partial charge in [-0.1, -0.05) is 31.9 Å². The molecule has 1 aliphatic rings. The lowest BCUT2D eigenvalue weighted by atomic mass is 9.83. The zero-order valence-electron chi connectivity index (χ0n) is 12.3. The SMILES string of the molecule is CCCC1CCC(NCC(O)c2ccc(F)cc2)CC1. The lowest BCUT2D eigenvalue weighted by molar-refractivity contribution is 0.161. The van der Waals surface area contributed by atoms with Crippen LogP contribution in [0.25, 0.3) is 0 Å². The van der Waals surface area contributed by atoms with Gasteiger partial charge in [0.25, 0.3) is 0 Å². The van der Waals surface area contributed by atoms with Crippen LogP contribution in [0.15, 0.2) is 24.3 Å². The molecule has 112 valence electrons. The quantitative estimate of drug-likeness (QED) is 0.830. The highest BCUT2D eigenvalue weighted by molar-refractivity contribution is 5.18. The predicted octanol–water partition coefficient (Wildman–Crippen LogP) is 3.81. The number of halogens is 1. The van der Waals surface area contributed by atoms with E-state index in [0.717, 1.165) is 11.5 Å². The van der Waals surface area contributed by atoms with E-state index in [0.29, 0.717) is 12.6 Å². The lowest BCUT2D eigenvalue weighted by Gasteiger charge is -2.29. The topological polar surface area (TPSA) is 32.3 Å². The van der Waals surface area contributed by atoms with Crippen molar-refractivity contribution < 1.29 is 9.50 Å². The fraction of sp³-hybridized carbons (Fsp3) is 0.647. The normalized spacial score (nSPS) is 24.6. The average Bonchev–Trinajstić information content (AvgIpc) is 2.47. The van der Waals surface area contributed by atoms with E-state index in [1.165, 1.54) is 50.7 Å². The van der Waals surface area contributed by atoms with Crippen LogP contribution in [-0.2, 0) is 0 Å². The van der Waals surface area contributed by atoms with Crippen LogP contribution in [0.1, 0.15) is 57.1 Å². The van der Waals surface area contributed by atoms with Crippen molar-refractivity contribution in [2.75, 3.05) is 6.54 Å². The van der Waals surface area contributed by atoms with Crippen molar-refractivity contribution in [2.45, 2.75) is 57.6 Å². The molecule has 0 aromatic heterocycles. The molecule has 0 bridgehead atoms. The van der Waals surface area contributed by atoms with Crippen LogP contribution in [0.4, 0.5) is 4.39 Å². The summed E-state index contributed by atoms with van der Waals surface area (Å²) in [5, 5.41) is 13.5. The molecule has 20 heavy (non-hydrogen) atoms. The second-order valence-corrected chi connectivity index (χ2v) is 5.98. The summed E-state index contributed by atoms with van der Waals surface area (Å²) >= 11 is 0. The van der Waals surface area contributed by atoms with Gasteiger partial charge in [-0.25, -0.2) is 4.39 Å². The highest BCUT2D eigenvalue weighted by atomic mass is 19.1. The van der Waals surface area contributed by atoms with Gasteiger partial charge in [-0.3, -0.25) is 0 Å². The minimum absolute atomic E-state index is 0.261. The van der Waals surface area contributed by atoms with Gasteiger partial charge < -0.3 is 10.4 Å². The third-order valence-electron chi connectivity index (χ3n) is 4.40. The first-order valence-electron chi connectivity index (χ1n) is 7.86. The highest BCUT2D eigenvalue weighted by Crippen LogP contribution is 2.27. The molecular weight excluding hydrogens is 253 g/mol. The monoisotopic (exact) mass is 279 g/mol. The maximum absolute atomic E-state index is 12.8. The molecule has 0 aliphatic heterocycles. The Kier molecular flexibility index (Phi) is 5.99. The molecule has 1 aromatic carbocycles. The lowest BCUT2D eigenvalue weighted by Crippen LogP contribution is -2.35. The summed E-state index contributed by atoms with van der Waals surface area (Å²) in [6.07, 6.45) is 7.11. The fourth-order valence-electron chi connectivity index (χ4n) is 3.14. The zero-order chi connectivity index (χ0) is 14.4. The van der Waals surface area contributed by atoms with E-state index in [4.69, 9.17) is 0 Å². The second kappa shape index (κ2) is 7.75. The summed E-state index contributed by atoms with van der Waals surface area (Å²) < 4.78 is 12.8. The molecule has 1 atom stereocenters. The smallest absolute Gasteiger partial charge is 0.123 e. The molecule has 0 spiro atoms. The number of aliphatic hydroxyl groups is 1. The minimum atomic E-state index is -0.552. The van der Waals surface area contributed by atoms with Gasteiger partial charge in [0.15, 0.2) is 0 Å².